The molecule has 1 amide bonds. The number of carbonyl (C=O) groups excluding carboxylic acids is 2. The largest absolute Gasteiger partial charge is 0.507 e. The van der Waals surface area contributed by atoms with E-state index in [0.717, 1.165) is 5.56 Å². The molecule has 1 fully saturated rings. The Kier molecular flexibility index (Phi) is 4.91. The van der Waals surface area contributed by atoms with E-state index in [9.17, 15) is 14.7 Å². The van der Waals surface area contributed by atoms with Crippen molar-refractivity contribution in [3.63, 3.8) is 0 Å². The van der Waals surface area contributed by atoms with Gasteiger partial charge in [-0.05, 0) is 42.0 Å². The fourth-order valence-corrected chi connectivity index (χ4v) is 3.50. The summed E-state index contributed by atoms with van der Waals surface area (Å²) in [6.07, 6.45) is 1.51. The van der Waals surface area contributed by atoms with E-state index in [1.807, 2.05) is 30.3 Å². The number of hydrogen-bond donors (Lipinski definition) is 1. The summed E-state index contributed by atoms with van der Waals surface area (Å²) in [5.41, 5.74) is 1.22. The van der Waals surface area contributed by atoms with Crippen LogP contribution in [0.4, 0.5) is 0 Å². The Hall–Kier alpha value is -3.80. The van der Waals surface area contributed by atoms with Gasteiger partial charge in [-0.3, -0.25) is 9.59 Å². The summed E-state index contributed by atoms with van der Waals surface area (Å²) in [7, 11) is 1.55. The number of aliphatic hydroxyl groups is 1. The van der Waals surface area contributed by atoms with Gasteiger partial charge in [0.2, 0.25) is 0 Å². The normalized spacial score (nSPS) is 18.2. The van der Waals surface area contributed by atoms with Crippen LogP contribution in [-0.4, -0.2) is 28.8 Å². The lowest BCUT2D eigenvalue weighted by Gasteiger charge is -2.24. The number of carbonyl (C=O) groups is 2. The molecule has 1 aromatic heterocycles. The zero-order valence-corrected chi connectivity index (χ0v) is 15.7. The zero-order chi connectivity index (χ0) is 20.4. The molecule has 1 aliphatic heterocycles. The van der Waals surface area contributed by atoms with Gasteiger partial charge >= 0.3 is 0 Å². The van der Waals surface area contributed by atoms with Crippen molar-refractivity contribution in [3.8, 4) is 5.75 Å². The van der Waals surface area contributed by atoms with E-state index in [2.05, 4.69) is 0 Å². The molecule has 0 spiro atoms. The van der Waals surface area contributed by atoms with Gasteiger partial charge in [0, 0.05) is 5.56 Å². The molecule has 0 aliphatic carbocycles. The van der Waals surface area contributed by atoms with Crippen molar-refractivity contribution in [1.82, 2.24) is 4.90 Å². The SMILES string of the molecule is COc1ccc(/C(O)=C2\C(=O)C(=O)N(Cc3ccco3)C2c2ccccc2)cc1. The number of benzene rings is 2. The van der Waals surface area contributed by atoms with E-state index in [0.29, 0.717) is 17.1 Å². The van der Waals surface area contributed by atoms with E-state index in [1.54, 1.807) is 43.5 Å². The molecule has 0 saturated carbocycles. The number of aliphatic hydroxyl groups excluding tert-OH is 1. The first-order valence-corrected chi connectivity index (χ1v) is 9.10. The number of nitrogens with zero attached hydrogens (tertiary/aromatic N) is 1. The molecular formula is C23H19NO5. The Morgan fingerprint density at radius 3 is 2.38 bits per heavy atom. The highest BCUT2D eigenvalue weighted by molar-refractivity contribution is 6.46. The summed E-state index contributed by atoms with van der Waals surface area (Å²) in [4.78, 5) is 27.2. The summed E-state index contributed by atoms with van der Waals surface area (Å²) in [5.74, 6) is -0.442. The Bertz CT molecular complexity index is 1050. The predicted molar refractivity (Wildman–Crippen MR) is 106 cm³/mol. The van der Waals surface area contributed by atoms with Crippen LogP contribution in [0.2, 0.25) is 0 Å². The average molecular weight is 389 g/mol. The van der Waals surface area contributed by atoms with E-state index in [-0.39, 0.29) is 17.9 Å². The molecule has 29 heavy (non-hydrogen) atoms. The first-order chi connectivity index (χ1) is 14.1. The van der Waals surface area contributed by atoms with Gasteiger partial charge in [0.1, 0.15) is 17.3 Å². The lowest BCUT2D eigenvalue weighted by Crippen LogP contribution is -2.29. The van der Waals surface area contributed by atoms with Crippen molar-refractivity contribution in [2.75, 3.05) is 7.11 Å². The minimum absolute atomic E-state index is 0.0536. The van der Waals surface area contributed by atoms with Crippen molar-refractivity contribution in [3.05, 3.63) is 95.5 Å². The van der Waals surface area contributed by atoms with Crippen LogP contribution in [0.3, 0.4) is 0 Å². The number of furan rings is 1. The average Bonchev–Trinajstić information content (AvgIpc) is 3.36. The van der Waals surface area contributed by atoms with Gasteiger partial charge in [0.05, 0.1) is 31.5 Å². The molecule has 1 unspecified atom stereocenters. The smallest absolute Gasteiger partial charge is 0.296 e. The second-order valence-corrected chi connectivity index (χ2v) is 6.65. The highest BCUT2D eigenvalue weighted by atomic mass is 16.5. The number of Topliss-reactive ketones (excluding diaryl/α,β-unsaturated/α-hetero) is 1. The van der Waals surface area contributed by atoms with Gasteiger partial charge < -0.3 is 19.2 Å². The second kappa shape index (κ2) is 7.67. The van der Waals surface area contributed by atoms with Crippen molar-refractivity contribution >= 4 is 17.4 Å². The topological polar surface area (TPSA) is 80.0 Å². The number of likely N-dealkylation sites (tertiary alicyclic amines) is 1. The first kappa shape index (κ1) is 18.6. The molecule has 1 atom stereocenters. The van der Waals surface area contributed by atoms with Gasteiger partial charge in [-0.15, -0.1) is 0 Å². The molecule has 146 valence electrons. The van der Waals surface area contributed by atoms with E-state index >= 15 is 0 Å². The molecule has 4 rings (SSSR count). The fourth-order valence-electron chi connectivity index (χ4n) is 3.50. The molecule has 3 aromatic rings. The Morgan fingerprint density at radius 2 is 1.76 bits per heavy atom. The van der Waals surface area contributed by atoms with Crippen LogP contribution in [-0.2, 0) is 16.1 Å². The monoisotopic (exact) mass is 389 g/mol. The predicted octanol–water partition coefficient (Wildman–Crippen LogP) is 3.91. The van der Waals surface area contributed by atoms with Crippen molar-refractivity contribution in [2.45, 2.75) is 12.6 Å². The van der Waals surface area contributed by atoms with Crippen LogP contribution in [0.15, 0.2) is 83.0 Å². The number of amides is 1. The third kappa shape index (κ3) is 3.40. The van der Waals surface area contributed by atoms with Gasteiger partial charge in [-0.25, -0.2) is 0 Å². The highest BCUT2D eigenvalue weighted by Gasteiger charge is 2.46. The van der Waals surface area contributed by atoms with Crippen LogP contribution in [0.25, 0.3) is 5.76 Å². The quantitative estimate of drug-likeness (QED) is 0.407. The Morgan fingerprint density at radius 1 is 1.03 bits per heavy atom. The maximum Gasteiger partial charge on any atom is 0.296 e. The molecule has 6 heteroatoms. The van der Waals surface area contributed by atoms with Gasteiger partial charge in [0.15, 0.2) is 0 Å². The first-order valence-electron chi connectivity index (χ1n) is 9.10. The molecule has 1 aliphatic rings. The lowest BCUT2D eigenvalue weighted by atomic mass is 9.95. The molecule has 6 nitrogen and oxygen atoms in total. The van der Waals surface area contributed by atoms with Crippen molar-refractivity contribution in [1.29, 1.82) is 0 Å². The fraction of sp³-hybridized carbons (Fsp3) is 0.130. The Labute approximate surface area is 167 Å². The highest BCUT2D eigenvalue weighted by Crippen LogP contribution is 2.40. The standard InChI is InChI=1S/C23H19NO5/c1-28-17-11-9-16(10-12-17)21(25)19-20(15-6-3-2-4-7-15)24(23(27)22(19)26)14-18-8-5-13-29-18/h2-13,20,25H,14H2,1H3/b21-19+. The molecule has 0 radical (unpaired) electrons. The third-order valence-corrected chi connectivity index (χ3v) is 4.93. The summed E-state index contributed by atoms with van der Waals surface area (Å²) in [5, 5.41) is 11.0. The number of ether oxygens (including phenoxy) is 1. The maximum atomic E-state index is 12.9. The summed E-state index contributed by atoms with van der Waals surface area (Å²) in [6, 6.07) is 18.6. The van der Waals surface area contributed by atoms with E-state index in [4.69, 9.17) is 9.15 Å². The van der Waals surface area contributed by atoms with Crippen LogP contribution in [0.5, 0.6) is 5.75 Å². The number of ketones is 1. The molecule has 2 heterocycles. The van der Waals surface area contributed by atoms with Gasteiger partial charge in [-0.1, -0.05) is 30.3 Å². The number of rotatable bonds is 5. The van der Waals surface area contributed by atoms with E-state index < -0.39 is 17.7 Å². The van der Waals surface area contributed by atoms with Crippen LogP contribution in [0, 0.1) is 0 Å². The lowest BCUT2D eigenvalue weighted by molar-refractivity contribution is -0.140. The van der Waals surface area contributed by atoms with Gasteiger partial charge in [0.25, 0.3) is 11.7 Å². The molecular weight excluding hydrogens is 370 g/mol. The number of methoxy groups -OCH3 is 1. The van der Waals surface area contributed by atoms with Crippen LogP contribution >= 0.6 is 0 Å². The molecule has 1 N–H and O–H groups in total. The van der Waals surface area contributed by atoms with Crippen molar-refractivity contribution < 1.29 is 23.8 Å². The Balaban J connectivity index is 1.83. The molecule has 2 aromatic carbocycles. The number of hydrogen-bond acceptors (Lipinski definition) is 5. The van der Waals surface area contributed by atoms with Crippen LogP contribution in [0.1, 0.15) is 22.9 Å². The summed E-state index contributed by atoms with van der Waals surface area (Å²) in [6.45, 7) is 0.122. The third-order valence-electron chi connectivity index (χ3n) is 4.93. The van der Waals surface area contributed by atoms with E-state index in [1.165, 1.54) is 11.2 Å². The zero-order valence-electron chi connectivity index (χ0n) is 15.7. The van der Waals surface area contributed by atoms with Crippen LogP contribution < -0.4 is 4.74 Å². The second-order valence-electron chi connectivity index (χ2n) is 6.65. The summed E-state index contributed by atoms with van der Waals surface area (Å²) >= 11 is 0. The van der Waals surface area contributed by atoms with Crippen molar-refractivity contribution in [2.24, 2.45) is 0 Å². The maximum absolute atomic E-state index is 12.9. The van der Waals surface area contributed by atoms with Gasteiger partial charge in [-0.2, -0.15) is 0 Å². The summed E-state index contributed by atoms with van der Waals surface area (Å²) < 4.78 is 10.5. The minimum atomic E-state index is -0.723. The molecule has 0 bridgehead atoms. The molecule has 1 saturated heterocycles. The minimum Gasteiger partial charge on any atom is -0.507 e.